The predicted octanol–water partition coefficient (Wildman–Crippen LogP) is 4.07. The number of halogens is 3. The molecule has 154 valence electrons. The number of amides is 2. The summed E-state index contributed by atoms with van der Waals surface area (Å²) in [6.07, 6.45) is 0. The maximum atomic E-state index is 14.0. The summed E-state index contributed by atoms with van der Waals surface area (Å²) in [7, 11) is 0. The average molecular weight is 430 g/mol. The first-order valence-corrected chi connectivity index (χ1v) is 9.82. The summed E-state index contributed by atoms with van der Waals surface area (Å²) in [5.41, 5.74) is 1.36. The normalized spacial score (nSPS) is 14.3. The van der Waals surface area contributed by atoms with Gasteiger partial charge in [0, 0.05) is 42.7 Å². The van der Waals surface area contributed by atoms with Gasteiger partial charge in [-0.3, -0.25) is 14.6 Å². The minimum Gasteiger partial charge on any atom is -0.335 e. The number of pyridine rings is 1. The molecule has 1 aromatic heterocycles. The summed E-state index contributed by atoms with van der Waals surface area (Å²) in [5, 5.41) is 0.961. The minimum atomic E-state index is -0.628. The summed E-state index contributed by atoms with van der Waals surface area (Å²) in [6, 6.07) is 9.81. The van der Waals surface area contributed by atoms with E-state index in [0.29, 0.717) is 35.2 Å². The van der Waals surface area contributed by atoms with Gasteiger partial charge in [-0.1, -0.05) is 11.6 Å². The van der Waals surface area contributed by atoms with Gasteiger partial charge < -0.3 is 9.80 Å². The number of piperazine rings is 1. The molecule has 1 saturated heterocycles. The Balaban J connectivity index is 1.49. The summed E-state index contributed by atoms with van der Waals surface area (Å²) in [5.74, 6) is -1.66. The van der Waals surface area contributed by atoms with Crippen molar-refractivity contribution in [1.82, 2.24) is 14.8 Å². The van der Waals surface area contributed by atoms with E-state index in [0.717, 1.165) is 6.07 Å². The van der Waals surface area contributed by atoms with E-state index in [1.807, 2.05) is 0 Å². The molecule has 0 atom stereocenters. The largest absolute Gasteiger partial charge is 0.335 e. The first-order valence-electron chi connectivity index (χ1n) is 9.44. The van der Waals surface area contributed by atoms with Gasteiger partial charge in [0.15, 0.2) is 0 Å². The summed E-state index contributed by atoms with van der Waals surface area (Å²) in [4.78, 5) is 33.1. The number of nitrogens with zero attached hydrogens (tertiary/aromatic N) is 3. The van der Waals surface area contributed by atoms with Crippen molar-refractivity contribution < 1.29 is 18.4 Å². The lowest BCUT2D eigenvalue weighted by molar-refractivity contribution is 0.0532. The zero-order valence-corrected chi connectivity index (χ0v) is 16.9. The molecule has 1 fully saturated rings. The van der Waals surface area contributed by atoms with E-state index in [1.54, 1.807) is 24.0 Å². The van der Waals surface area contributed by atoms with Gasteiger partial charge in [0.1, 0.15) is 11.6 Å². The fourth-order valence-corrected chi connectivity index (χ4v) is 3.74. The second kappa shape index (κ2) is 7.99. The third-order valence-corrected chi connectivity index (χ3v) is 5.45. The van der Waals surface area contributed by atoms with Crippen LogP contribution in [0.3, 0.4) is 0 Å². The number of hydrogen-bond acceptors (Lipinski definition) is 3. The molecule has 0 unspecified atom stereocenters. The topological polar surface area (TPSA) is 53.5 Å². The van der Waals surface area contributed by atoms with Crippen molar-refractivity contribution >= 4 is 34.3 Å². The molecule has 0 bridgehead atoms. The molecule has 8 heteroatoms. The second-order valence-electron chi connectivity index (χ2n) is 7.17. The molecule has 0 N–H and O–H groups in total. The molecule has 2 aromatic carbocycles. The highest BCUT2D eigenvalue weighted by Crippen LogP contribution is 2.21. The zero-order valence-electron chi connectivity index (χ0n) is 16.2. The van der Waals surface area contributed by atoms with Crippen LogP contribution < -0.4 is 0 Å². The molecule has 2 amide bonds. The van der Waals surface area contributed by atoms with E-state index in [9.17, 15) is 18.4 Å². The van der Waals surface area contributed by atoms with Crippen LogP contribution in [0.1, 0.15) is 26.4 Å². The van der Waals surface area contributed by atoms with E-state index in [-0.39, 0.29) is 35.4 Å². The van der Waals surface area contributed by atoms with Crippen molar-refractivity contribution in [2.75, 3.05) is 26.2 Å². The van der Waals surface area contributed by atoms with Gasteiger partial charge >= 0.3 is 0 Å². The monoisotopic (exact) mass is 429 g/mol. The molecule has 30 heavy (non-hydrogen) atoms. The number of carbonyl (C=O) groups excluding carboxylic acids is 2. The van der Waals surface area contributed by atoms with Crippen molar-refractivity contribution in [3.63, 3.8) is 0 Å². The van der Waals surface area contributed by atoms with Crippen molar-refractivity contribution in [2.24, 2.45) is 0 Å². The lowest BCUT2D eigenvalue weighted by atomic mass is 10.1. The lowest BCUT2D eigenvalue weighted by Gasteiger charge is -2.35. The molecule has 0 aliphatic carbocycles. The van der Waals surface area contributed by atoms with Crippen molar-refractivity contribution in [1.29, 1.82) is 0 Å². The highest BCUT2D eigenvalue weighted by Gasteiger charge is 2.28. The Kier molecular flexibility index (Phi) is 5.39. The van der Waals surface area contributed by atoms with Gasteiger partial charge in [0.25, 0.3) is 11.8 Å². The van der Waals surface area contributed by atoms with E-state index in [2.05, 4.69) is 4.98 Å². The number of aromatic nitrogens is 1. The van der Waals surface area contributed by atoms with Crippen molar-refractivity contribution in [3.05, 3.63) is 75.9 Å². The predicted molar refractivity (Wildman–Crippen MR) is 110 cm³/mol. The standard InChI is InChI=1S/C22H18ClF2N3O2/c1-13-17(10-14-2-4-16(24)12-20(14)26-13)21(29)27-6-8-28(9-7-27)22(30)18-11-15(23)3-5-19(18)25/h2-5,10-12H,6-9H2,1H3. The van der Waals surface area contributed by atoms with Gasteiger partial charge in [0.05, 0.1) is 22.3 Å². The summed E-state index contributed by atoms with van der Waals surface area (Å²) in [6.45, 7) is 2.89. The molecule has 0 saturated carbocycles. The van der Waals surface area contributed by atoms with E-state index >= 15 is 0 Å². The number of carbonyl (C=O) groups is 2. The minimum absolute atomic E-state index is 0.0796. The highest BCUT2D eigenvalue weighted by molar-refractivity contribution is 6.31. The molecule has 3 aromatic rings. The number of aryl methyl sites for hydroxylation is 1. The molecule has 0 radical (unpaired) electrons. The van der Waals surface area contributed by atoms with Crippen molar-refractivity contribution in [3.8, 4) is 0 Å². The Morgan fingerprint density at radius 1 is 0.900 bits per heavy atom. The van der Waals surface area contributed by atoms with Crippen LogP contribution in [0, 0.1) is 18.6 Å². The summed E-state index contributed by atoms with van der Waals surface area (Å²) >= 11 is 5.88. The fraction of sp³-hybridized carbons (Fsp3) is 0.227. The van der Waals surface area contributed by atoms with Crippen LogP contribution in [0.4, 0.5) is 8.78 Å². The maximum absolute atomic E-state index is 14.0. The Hall–Kier alpha value is -3.06. The number of fused-ring (bicyclic) bond motifs is 1. The molecule has 1 aliphatic heterocycles. The first kappa shape index (κ1) is 20.2. The quantitative estimate of drug-likeness (QED) is 0.617. The molecular weight excluding hydrogens is 412 g/mol. The van der Waals surface area contributed by atoms with Crippen LogP contribution in [0.5, 0.6) is 0 Å². The number of rotatable bonds is 2. The lowest BCUT2D eigenvalue weighted by Crippen LogP contribution is -2.50. The van der Waals surface area contributed by atoms with Crippen LogP contribution in [-0.4, -0.2) is 52.8 Å². The average Bonchev–Trinajstić information content (AvgIpc) is 2.74. The molecular formula is C22H18ClF2N3O2. The van der Waals surface area contributed by atoms with Crippen molar-refractivity contribution in [2.45, 2.75) is 6.92 Å². The Bertz CT molecular complexity index is 1160. The van der Waals surface area contributed by atoms with Gasteiger partial charge in [0.2, 0.25) is 0 Å². The number of hydrogen-bond donors (Lipinski definition) is 0. The van der Waals surface area contributed by atoms with Crippen LogP contribution in [0.25, 0.3) is 10.9 Å². The van der Waals surface area contributed by atoms with E-state index in [1.165, 1.54) is 29.2 Å². The molecule has 0 spiro atoms. The molecule has 4 rings (SSSR count). The SMILES string of the molecule is Cc1nc2cc(F)ccc2cc1C(=O)N1CCN(C(=O)c2cc(Cl)ccc2F)CC1. The molecule has 2 heterocycles. The Morgan fingerprint density at radius 2 is 1.53 bits per heavy atom. The van der Waals surface area contributed by atoms with Crippen LogP contribution in [-0.2, 0) is 0 Å². The maximum Gasteiger partial charge on any atom is 0.257 e. The molecule has 1 aliphatic rings. The third kappa shape index (κ3) is 3.85. The van der Waals surface area contributed by atoms with E-state index in [4.69, 9.17) is 11.6 Å². The Labute approximate surface area is 176 Å². The zero-order chi connectivity index (χ0) is 21.4. The molecule has 5 nitrogen and oxygen atoms in total. The van der Waals surface area contributed by atoms with Crippen LogP contribution in [0.2, 0.25) is 5.02 Å². The second-order valence-corrected chi connectivity index (χ2v) is 7.60. The van der Waals surface area contributed by atoms with Gasteiger partial charge in [-0.05, 0) is 43.3 Å². The fourth-order valence-electron chi connectivity index (χ4n) is 3.57. The number of benzene rings is 2. The smallest absolute Gasteiger partial charge is 0.257 e. The highest BCUT2D eigenvalue weighted by atomic mass is 35.5. The van der Waals surface area contributed by atoms with Crippen LogP contribution >= 0.6 is 11.6 Å². The van der Waals surface area contributed by atoms with Gasteiger partial charge in [-0.2, -0.15) is 0 Å². The third-order valence-electron chi connectivity index (χ3n) is 5.21. The first-order chi connectivity index (χ1) is 14.3. The van der Waals surface area contributed by atoms with Gasteiger partial charge in [-0.15, -0.1) is 0 Å². The Morgan fingerprint density at radius 3 is 2.20 bits per heavy atom. The van der Waals surface area contributed by atoms with E-state index < -0.39 is 11.7 Å². The van der Waals surface area contributed by atoms with Crippen LogP contribution in [0.15, 0.2) is 42.5 Å². The van der Waals surface area contributed by atoms with Gasteiger partial charge in [-0.25, -0.2) is 8.78 Å². The summed E-state index contributed by atoms with van der Waals surface area (Å²) < 4.78 is 27.4.